The molecule has 6 nitrogen and oxygen atoms in total. The molecular weight excluding hydrogens is 473 g/mol. The van der Waals surface area contributed by atoms with E-state index < -0.39 is 68.2 Å². The first-order valence-corrected chi connectivity index (χ1v) is 11.0. The number of carbonyl (C=O) groups excluding carboxylic acids is 1. The van der Waals surface area contributed by atoms with Crippen LogP contribution in [-0.4, -0.2) is 44.0 Å². The molecule has 0 saturated heterocycles. The van der Waals surface area contributed by atoms with Gasteiger partial charge in [-0.05, 0) is 26.3 Å². The van der Waals surface area contributed by atoms with Crippen LogP contribution in [0.2, 0.25) is 0 Å². The number of rotatable bonds is 8. The van der Waals surface area contributed by atoms with Gasteiger partial charge in [0.05, 0.1) is 13.2 Å². The molecule has 0 spiro atoms. The molecule has 1 atom stereocenters. The summed E-state index contributed by atoms with van der Waals surface area (Å²) in [5.74, 6) is -13.6. The average Bonchev–Trinajstić information content (AvgIpc) is 2.73. The number of likely N-dealkylation sites (N-methyl/N-ethyl adjacent to an activating group) is 1. The molecular formula is C21H22F5NO5S. The summed E-state index contributed by atoms with van der Waals surface area (Å²) in [6.07, 6.45) is 0. The molecule has 2 aromatic carbocycles. The van der Waals surface area contributed by atoms with Gasteiger partial charge in [0, 0.05) is 7.05 Å². The Hall–Kier alpha value is -2.57. The summed E-state index contributed by atoms with van der Waals surface area (Å²) >= 11 is 0. The van der Waals surface area contributed by atoms with Crippen molar-refractivity contribution in [1.82, 2.24) is 4.31 Å². The van der Waals surface area contributed by atoms with Crippen molar-refractivity contribution < 1.29 is 44.6 Å². The van der Waals surface area contributed by atoms with Crippen molar-refractivity contribution in [2.75, 3.05) is 13.7 Å². The number of hydrogen-bond donors (Lipinski definition) is 0. The third kappa shape index (κ3) is 6.06. The summed E-state index contributed by atoms with van der Waals surface area (Å²) in [5, 5.41) is 0. The summed E-state index contributed by atoms with van der Waals surface area (Å²) < 4.78 is 105. The molecule has 0 aromatic heterocycles. The molecule has 0 fully saturated rings. The Bertz CT molecular complexity index is 1090. The van der Waals surface area contributed by atoms with Gasteiger partial charge in [0.25, 0.3) is 0 Å². The molecule has 0 aliphatic carbocycles. The Morgan fingerprint density at radius 1 is 0.939 bits per heavy atom. The average molecular weight is 495 g/mol. The molecule has 0 amide bonds. The van der Waals surface area contributed by atoms with Crippen LogP contribution in [0.5, 0.6) is 0 Å². The van der Waals surface area contributed by atoms with Crippen LogP contribution in [-0.2, 0) is 30.9 Å². The number of halogens is 5. The summed E-state index contributed by atoms with van der Waals surface area (Å²) in [4.78, 5) is 10.6. The normalized spacial score (nSPS) is 13.3. The van der Waals surface area contributed by atoms with Crippen LogP contribution in [0.4, 0.5) is 22.0 Å². The van der Waals surface area contributed by atoms with Crippen molar-refractivity contribution in [3.05, 3.63) is 65.0 Å². The highest BCUT2D eigenvalue weighted by Crippen LogP contribution is 2.29. The maximum atomic E-state index is 14.2. The summed E-state index contributed by atoms with van der Waals surface area (Å²) in [6, 6.07) is 6.76. The summed E-state index contributed by atoms with van der Waals surface area (Å²) in [5.41, 5.74) is -0.407. The van der Waals surface area contributed by atoms with Crippen LogP contribution in [0.15, 0.2) is 35.2 Å². The Morgan fingerprint density at radius 3 is 1.91 bits per heavy atom. The van der Waals surface area contributed by atoms with Crippen molar-refractivity contribution in [2.24, 2.45) is 0 Å². The zero-order chi connectivity index (χ0) is 25.1. The topological polar surface area (TPSA) is 72.9 Å². The lowest BCUT2D eigenvalue weighted by Gasteiger charge is -2.29. The first-order valence-electron chi connectivity index (χ1n) is 9.52. The Kier molecular flexibility index (Phi) is 8.20. The predicted molar refractivity (Wildman–Crippen MR) is 107 cm³/mol. The quantitative estimate of drug-likeness (QED) is 0.240. The van der Waals surface area contributed by atoms with E-state index in [9.17, 15) is 35.2 Å². The molecule has 0 saturated carbocycles. The fourth-order valence-corrected chi connectivity index (χ4v) is 4.08. The summed E-state index contributed by atoms with van der Waals surface area (Å²) in [7, 11) is -4.66. The molecule has 0 aliphatic heterocycles. The van der Waals surface area contributed by atoms with Crippen LogP contribution in [0.1, 0.15) is 26.3 Å². The maximum Gasteiger partial charge on any atom is 0.327 e. The van der Waals surface area contributed by atoms with Crippen LogP contribution < -0.4 is 0 Å². The van der Waals surface area contributed by atoms with E-state index in [1.165, 1.54) is 20.8 Å². The van der Waals surface area contributed by atoms with E-state index in [2.05, 4.69) is 0 Å². The number of nitrogens with zero attached hydrogens (tertiary/aromatic N) is 1. The number of esters is 1. The lowest BCUT2D eigenvalue weighted by atomic mass is 10.2. The zero-order valence-electron chi connectivity index (χ0n) is 18.2. The lowest BCUT2D eigenvalue weighted by molar-refractivity contribution is -0.161. The van der Waals surface area contributed by atoms with Crippen molar-refractivity contribution in [3.63, 3.8) is 0 Å². The number of benzene rings is 2. The highest BCUT2D eigenvalue weighted by atomic mass is 32.2. The molecule has 2 aromatic rings. The van der Waals surface area contributed by atoms with Gasteiger partial charge < -0.3 is 9.47 Å². The highest BCUT2D eigenvalue weighted by molar-refractivity contribution is 7.89. The lowest BCUT2D eigenvalue weighted by Crippen LogP contribution is -2.48. The molecule has 0 bridgehead atoms. The minimum Gasteiger partial charge on any atom is -0.459 e. The second kappa shape index (κ2) is 10.1. The SMILES string of the molecule is CN(C(COCc1ccccc1)C(=O)OC(C)(C)C)S(=O)(=O)c1c(F)c(F)c(F)c(F)c1F. The first-order chi connectivity index (χ1) is 15.2. The predicted octanol–water partition coefficient (Wildman–Crippen LogP) is 3.93. The number of ether oxygens (including phenoxy) is 2. The van der Waals surface area contributed by atoms with E-state index >= 15 is 0 Å². The molecule has 12 heteroatoms. The van der Waals surface area contributed by atoms with E-state index in [1.807, 2.05) is 0 Å². The largest absolute Gasteiger partial charge is 0.459 e. The highest BCUT2D eigenvalue weighted by Gasteiger charge is 2.41. The van der Waals surface area contributed by atoms with Gasteiger partial charge in [-0.25, -0.2) is 30.4 Å². The van der Waals surface area contributed by atoms with Gasteiger partial charge >= 0.3 is 5.97 Å². The second-order valence-electron chi connectivity index (χ2n) is 7.97. The second-order valence-corrected chi connectivity index (χ2v) is 9.90. The molecule has 0 heterocycles. The van der Waals surface area contributed by atoms with E-state index in [1.54, 1.807) is 30.3 Å². The van der Waals surface area contributed by atoms with Gasteiger partial charge in [0.1, 0.15) is 11.6 Å². The molecule has 0 radical (unpaired) electrons. The van der Waals surface area contributed by atoms with Crippen LogP contribution >= 0.6 is 0 Å². The standard InChI is InChI=1S/C21H22F5NO5S/c1-21(2,3)32-20(28)13(11-31-10-12-8-6-5-7-9-12)27(4)33(29,30)19-17(25)15(23)14(22)16(24)18(19)26/h5-9,13H,10-11H2,1-4H3. The van der Waals surface area contributed by atoms with E-state index in [4.69, 9.17) is 9.47 Å². The monoisotopic (exact) mass is 495 g/mol. The summed E-state index contributed by atoms with van der Waals surface area (Å²) in [6.45, 7) is 3.79. The fraction of sp³-hybridized carbons (Fsp3) is 0.381. The first kappa shape index (κ1) is 26.7. The van der Waals surface area contributed by atoms with Gasteiger partial charge in [-0.15, -0.1) is 0 Å². The number of carbonyl (C=O) groups is 1. The Labute approximate surface area is 188 Å². The smallest absolute Gasteiger partial charge is 0.327 e. The van der Waals surface area contributed by atoms with Crippen LogP contribution in [0, 0.1) is 29.1 Å². The third-order valence-electron chi connectivity index (χ3n) is 4.31. The third-order valence-corrected chi connectivity index (χ3v) is 6.20. The Morgan fingerprint density at radius 2 is 1.42 bits per heavy atom. The van der Waals surface area contributed by atoms with Crippen LogP contribution in [0.3, 0.4) is 0 Å². The molecule has 1 unspecified atom stereocenters. The molecule has 33 heavy (non-hydrogen) atoms. The van der Waals surface area contributed by atoms with Gasteiger partial charge in [-0.1, -0.05) is 30.3 Å². The minimum absolute atomic E-state index is 0.0590. The maximum absolute atomic E-state index is 14.2. The van der Waals surface area contributed by atoms with Crippen LogP contribution in [0.25, 0.3) is 0 Å². The fourth-order valence-electron chi connectivity index (χ4n) is 2.68. The van der Waals surface area contributed by atoms with Crippen molar-refractivity contribution in [3.8, 4) is 0 Å². The Balaban J connectivity index is 2.44. The van der Waals surface area contributed by atoms with Crippen molar-refractivity contribution in [1.29, 1.82) is 0 Å². The van der Waals surface area contributed by atoms with E-state index in [0.717, 1.165) is 7.05 Å². The van der Waals surface area contributed by atoms with Gasteiger partial charge in [0.2, 0.25) is 15.8 Å². The van der Waals surface area contributed by atoms with Crippen molar-refractivity contribution in [2.45, 2.75) is 43.9 Å². The molecule has 0 aliphatic rings. The zero-order valence-corrected chi connectivity index (χ0v) is 19.0. The molecule has 2 rings (SSSR count). The van der Waals surface area contributed by atoms with Crippen molar-refractivity contribution >= 4 is 16.0 Å². The van der Waals surface area contributed by atoms with E-state index in [0.29, 0.717) is 5.56 Å². The van der Waals surface area contributed by atoms with Gasteiger partial charge in [-0.3, -0.25) is 4.79 Å². The van der Waals surface area contributed by atoms with E-state index in [-0.39, 0.29) is 10.9 Å². The number of hydrogen-bond acceptors (Lipinski definition) is 5. The minimum atomic E-state index is -5.40. The molecule has 0 N–H and O–H groups in total. The molecule has 182 valence electrons. The van der Waals surface area contributed by atoms with Gasteiger partial charge in [0.15, 0.2) is 28.2 Å². The van der Waals surface area contributed by atoms with Gasteiger partial charge in [-0.2, -0.15) is 4.31 Å². The number of sulfonamides is 1.